The second kappa shape index (κ2) is 4.98. The summed E-state index contributed by atoms with van der Waals surface area (Å²) in [6.07, 6.45) is 2.81. The third-order valence-corrected chi connectivity index (χ3v) is 2.44. The molecule has 1 aromatic heterocycles. The number of halogens is 1. The van der Waals surface area contributed by atoms with Crippen molar-refractivity contribution in [1.29, 1.82) is 0 Å². The molecule has 1 N–H and O–H groups in total. The fourth-order valence-corrected chi connectivity index (χ4v) is 1.64. The number of carbonyl (C=O) groups excluding carboxylic acids is 1. The number of aromatic nitrogens is 1. The molecule has 0 amide bonds. The maximum Gasteiger partial charge on any atom is 0.249 e. The Morgan fingerprint density at radius 2 is 1.87 bits per heavy atom. The van der Waals surface area contributed by atoms with Crippen LogP contribution >= 0.6 is 12.4 Å². The highest BCUT2D eigenvalue weighted by atomic mass is 35.5. The quantitative estimate of drug-likeness (QED) is 0.779. The highest BCUT2D eigenvalue weighted by Gasteiger charge is 2.16. The number of pyridine rings is 1. The van der Waals surface area contributed by atoms with E-state index in [0.717, 1.165) is 18.8 Å². The smallest absolute Gasteiger partial charge is 0.249 e. The predicted molar refractivity (Wildman–Crippen MR) is 60.8 cm³/mol. The third kappa shape index (κ3) is 2.83. The molecule has 0 unspecified atom stereocenters. The molecule has 1 saturated heterocycles. The van der Waals surface area contributed by atoms with E-state index in [0.29, 0.717) is 18.6 Å². The van der Waals surface area contributed by atoms with Crippen molar-refractivity contribution in [3.63, 3.8) is 0 Å². The number of nitrogens with one attached hydrogen (secondary N) is 1. The minimum absolute atomic E-state index is 0. The number of hydrogen-bond donors (Lipinski definition) is 1. The molecule has 1 aromatic rings. The molecule has 82 valence electrons. The van der Waals surface area contributed by atoms with Gasteiger partial charge in [0.2, 0.25) is 5.56 Å². The highest BCUT2D eigenvalue weighted by molar-refractivity contribution is 5.85. The molecule has 1 aliphatic rings. The molecule has 0 saturated carbocycles. The van der Waals surface area contributed by atoms with Crippen molar-refractivity contribution in [3.05, 3.63) is 28.7 Å². The summed E-state index contributed by atoms with van der Waals surface area (Å²) in [5.74, 6) is 0.311. The van der Waals surface area contributed by atoms with E-state index in [1.54, 1.807) is 12.3 Å². The maximum atomic E-state index is 11.0. The molecule has 0 bridgehead atoms. The van der Waals surface area contributed by atoms with Crippen molar-refractivity contribution in [2.24, 2.45) is 0 Å². The van der Waals surface area contributed by atoms with Gasteiger partial charge >= 0.3 is 0 Å². The third-order valence-electron chi connectivity index (χ3n) is 2.44. The first kappa shape index (κ1) is 11.8. The molecule has 2 heterocycles. The normalized spacial score (nSPS) is 16.0. The lowest BCUT2D eigenvalue weighted by Crippen LogP contribution is -2.34. The Hall–Kier alpha value is -1.29. The van der Waals surface area contributed by atoms with Crippen LogP contribution in [0.1, 0.15) is 12.8 Å². The van der Waals surface area contributed by atoms with Gasteiger partial charge in [0.25, 0.3) is 0 Å². The van der Waals surface area contributed by atoms with Crippen molar-refractivity contribution in [2.45, 2.75) is 12.8 Å². The molecule has 2 rings (SSSR count). The van der Waals surface area contributed by atoms with Crippen LogP contribution in [0, 0.1) is 0 Å². The minimum Gasteiger partial charge on any atom is -0.370 e. The van der Waals surface area contributed by atoms with Gasteiger partial charge in [0.15, 0.2) is 0 Å². The minimum atomic E-state index is -0.0978. The average molecular weight is 229 g/mol. The number of rotatable bonds is 1. The molecule has 4 nitrogen and oxygen atoms in total. The van der Waals surface area contributed by atoms with E-state index in [1.165, 1.54) is 0 Å². The lowest BCUT2D eigenvalue weighted by Gasteiger charge is -2.27. The van der Waals surface area contributed by atoms with Gasteiger partial charge in [-0.05, 0) is 6.07 Å². The molecule has 0 atom stereocenters. The molecular formula is C10H13ClN2O2. The summed E-state index contributed by atoms with van der Waals surface area (Å²) in [5, 5.41) is 0. The van der Waals surface area contributed by atoms with E-state index >= 15 is 0 Å². The molecule has 1 aliphatic heterocycles. The number of H-pyrrole nitrogens is 1. The van der Waals surface area contributed by atoms with Gasteiger partial charge in [0.05, 0.1) is 0 Å². The summed E-state index contributed by atoms with van der Waals surface area (Å²) in [7, 11) is 0. The average Bonchev–Trinajstić information content (AvgIpc) is 2.19. The number of aromatic amines is 1. The Morgan fingerprint density at radius 3 is 2.47 bits per heavy atom. The Balaban J connectivity index is 0.00000112. The van der Waals surface area contributed by atoms with Crippen LogP contribution in [0.5, 0.6) is 0 Å². The lowest BCUT2D eigenvalue weighted by molar-refractivity contribution is -0.119. The first-order valence-electron chi connectivity index (χ1n) is 4.71. The van der Waals surface area contributed by atoms with E-state index in [4.69, 9.17) is 0 Å². The van der Waals surface area contributed by atoms with Gasteiger partial charge in [0, 0.05) is 43.9 Å². The fourth-order valence-electron chi connectivity index (χ4n) is 1.64. The van der Waals surface area contributed by atoms with Crippen LogP contribution in [0.2, 0.25) is 0 Å². The van der Waals surface area contributed by atoms with Gasteiger partial charge in [-0.2, -0.15) is 0 Å². The Bertz CT molecular complexity index is 392. The Labute approximate surface area is 93.7 Å². The zero-order chi connectivity index (χ0) is 9.97. The second-order valence-electron chi connectivity index (χ2n) is 3.44. The van der Waals surface area contributed by atoms with Gasteiger partial charge in [-0.3, -0.25) is 9.59 Å². The van der Waals surface area contributed by atoms with Crippen molar-refractivity contribution in [3.8, 4) is 0 Å². The monoisotopic (exact) mass is 228 g/mol. The van der Waals surface area contributed by atoms with E-state index in [-0.39, 0.29) is 18.0 Å². The molecule has 0 radical (unpaired) electrons. The topological polar surface area (TPSA) is 53.2 Å². The molecule has 0 aromatic carbocycles. The van der Waals surface area contributed by atoms with E-state index in [9.17, 15) is 9.59 Å². The van der Waals surface area contributed by atoms with Crippen LogP contribution in [-0.2, 0) is 4.79 Å². The SMILES string of the molecule is Cl.O=C1CCN(c2cc[nH]c(=O)c2)CC1. The van der Waals surface area contributed by atoms with Crippen LogP contribution in [0.4, 0.5) is 5.69 Å². The Morgan fingerprint density at radius 1 is 1.20 bits per heavy atom. The number of nitrogens with zero attached hydrogens (tertiary/aromatic N) is 1. The Kier molecular flexibility index (Phi) is 3.91. The largest absolute Gasteiger partial charge is 0.370 e. The van der Waals surface area contributed by atoms with Gasteiger partial charge in [0.1, 0.15) is 5.78 Å². The zero-order valence-electron chi connectivity index (χ0n) is 8.23. The number of anilines is 1. The van der Waals surface area contributed by atoms with Crippen LogP contribution in [-0.4, -0.2) is 23.9 Å². The summed E-state index contributed by atoms with van der Waals surface area (Å²) in [6.45, 7) is 1.45. The van der Waals surface area contributed by atoms with Crippen LogP contribution in [0.3, 0.4) is 0 Å². The van der Waals surface area contributed by atoms with Crippen molar-refractivity contribution >= 4 is 23.9 Å². The lowest BCUT2D eigenvalue weighted by atomic mass is 10.1. The summed E-state index contributed by atoms with van der Waals surface area (Å²) in [5.41, 5.74) is 0.806. The van der Waals surface area contributed by atoms with Gasteiger partial charge in [-0.15, -0.1) is 12.4 Å². The molecule has 15 heavy (non-hydrogen) atoms. The van der Waals surface area contributed by atoms with Crippen LogP contribution < -0.4 is 10.5 Å². The maximum absolute atomic E-state index is 11.0. The highest BCUT2D eigenvalue weighted by Crippen LogP contribution is 2.15. The van der Waals surface area contributed by atoms with Crippen LogP contribution in [0.15, 0.2) is 23.1 Å². The van der Waals surface area contributed by atoms with Gasteiger partial charge < -0.3 is 9.88 Å². The van der Waals surface area contributed by atoms with Crippen molar-refractivity contribution in [1.82, 2.24) is 4.98 Å². The first-order chi connectivity index (χ1) is 6.75. The van der Waals surface area contributed by atoms with Crippen LogP contribution in [0.25, 0.3) is 0 Å². The molecule has 5 heteroatoms. The predicted octanol–water partition coefficient (Wildman–Crippen LogP) is 0.966. The molecule has 1 fully saturated rings. The molecule has 0 aliphatic carbocycles. The van der Waals surface area contributed by atoms with Crippen molar-refractivity contribution in [2.75, 3.05) is 18.0 Å². The summed E-state index contributed by atoms with van der Waals surface area (Å²) in [4.78, 5) is 26.7. The van der Waals surface area contributed by atoms with E-state index in [1.807, 2.05) is 6.07 Å². The standard InChI is InChI=1S/C10H12N2O2.ClH/c13-9-2-5-12(6-3-9)8-1-4-11-10(14)7-8;/h1,4,7H,2-3,5-6H2,(H,11,14);1H. The second-order valence-corrected chi connectivity index (χ2v) is 3.44. The van der Waals surface area contributed by atoms with E-state index < -0.39 is 0 Å². The summed E-state index contributed by atoms with van der Waals surface area (Å²) in [6, 6.07) is 3.42. The molecule has 0 spiro atoms. The summed E-state index contributed by atoms with van der Waals surface area (Å²) >= 11 is 0. The number of carbonyl (C=O) groups is 1. The number of hydrogen-bond acceptors (Lipinski definition) is 3. The molecular weight excluding hydrogens is 216 g/mol. The van der Waals surface area contributed by atoms with Gasteiger partial charge in [-0.1, -0.05) is 0 Å². The van der Waals surface area contributed by atoms with Gasteiger partial charge in [-0.25, -0.2) is 0 Å². The zero-order valence-corrected chi connectivity index (χ0v) is 9.05. The first-order valence-corrected chi connectivity index (χ1v) is 4.71. The van der Waals surface area contributed by atoms with E-state index in [2.05, 4.69) is 9.88 Å². The number of piperidine rings is 1. The summed E-state index contributed by atoms with van der Waals surface area (Å²) < 4.78 is 0. The number of Topliss-reactive ketones (excluding diaryl/α,β-unsaturated/α-hetero) is 1. The number of ketones is 1. The fraction of sp³-hybridized carbons (Fsp3) is 0.400. The van der Waals surface area contributed by atoms with Crippen molar-refractivity contribution < 1.29 is 4.79 Å².